The van der Waals surface area contributed by atoms with Crippen molar-refractivity contribution < 1.29 is 18.7 Å². The van der Waals surface area contributed by atoms with Crippen LogP contribution in [0, 0.1) is 31.0 Å². The maximum atomic E-state index is 14.5. The van der Waals surface area contributed by atoms with Gasteiger partial charge in [0.25, 0.3) is 5.91 Å². The summed E-state index contributed by atoms with van der Waals surface area (Å²) in [6.45, 7) is 11.5. The molecule has 0 unspecified atom stereocenters. The fourth-order valence-electron chi connectivity index (χ4n) is 4.86. The minimum absolute atomic E-state index is 0.00222. The number of hydrogen-bond acceptors (Lipinski definition) is 5. The number of benzene rings is 3. The number of rotatable bonds is 8. The van der Waals surface area contributed by atoms with Crippen LogP contribution in [0.1, 0.15) is 45.6 Å². The number of amides is 2. The number of nitrogens with one attached hydrogen (secondary N) is 1. The van der Waals surface area contributed by atoms with Crippen LogP contribution in [0.2, 0.25) is 0 Å². The van der Waals surface area contributed by atoms with Crippen molar-refractivity contribution in [2.45, 2.75) is 32.9 Å². The van der Waals surface area contributed by atoms with E-state index in [0.717, 1.165) is 5.56 Å². The van der Waals surface area contributed by atoms with Crippen LogP contribution in [0.4, 0.5) is 10.1 Å². The number of anilines is 1. The van der Waals surface area contributed by atoms with Crippen molar-refractivity contribution in [3.8, 4) is 11.8 Å². The van der Waals surface area contributed by atoms with E-state index in [2.05, 4.69) is 22.9 Å². The predicted molar refractivity (Wildman–Crippen MR) is 153 cm³/mol. The molecule has 4 rings (SSSR count). The van der Waals surface area contributed by atoms with Gasteiger partial charge >= 0.3 is 0 Å². The maximum absolute atomic E-state index is 14.5. The molecule has 40 heavy (non-hydrogen) atoms. The van der Waals surface area contributed by atoms with Gasteiger partial charge in [0.15, 0.2) is 0 Å². The Kier molecular flexibility index (Phi) is 8.97. The van der Waals surface area contributed by atoms with Gasteiger partial charge in [0.2, 0.25) is 5.91 Å². The number of carbonyl (C=O) groups is 2. The molecule has 0 aliphatic carbocycles. The van der Waals surface area contributed by atoms with Crippen molar-refractivity contribution in [2.24, 2.45) is 0 Å². The highest BCUT2D eigenvalue weighted by molar-refractivity contribution is 6.05. The first-order chi connectivity index (χ1) is 19.2. The minimum Gasteiger partial charge on any atom is -0.484 e. The van der Waals surface area contributed by atoms with Gasteiger partial charge in [0.05, 0.1) is 11.3 Å². The van der Waals surface area contributed by atoms with E-state index in [9.17, 15) is 19.2 Å². The van der Waals surface area contributed by atoms with Gasteiger partial charge in [0.1, 0.15) is 23.7 Å². The van der Waals surface area contributed by atoms with Crippen molar-refractivity contribution >= 4 is 17.5 Å². The van der Waals surface area contributed by atoms with Gasteiger partial charge in [-0.05, 0) is 79.9 Å². The molecular weight excluding hydrogens is 507 g/mol. The predicted octanol–water partition coefficient (Wildman–Crippen LogP) is 5.41. The van der Waals surface area contributed by atoms with Crippen molar-refractivity contribution in [3.63, 3.8) is 0 Å². The summed E-state index contributed by atoms with van der Waals surface area (Å²) < 4.78 is 20.9. The molecule has 7 nitrogen and oxygen atoms in total. The topological polar surface area (TPSA) is 85.7 Å². The smallest absolute Gasteiger partial charge is 0.255 e. The van der Waals surface area contributed by atoms with Crippen LogP contribution < -0.4 is 10.1 Å². The lowest BCUT2D eigenvalue weighted by molar-refractivity contribution is -0.130. The lowest BCUT2D eigenvalue weighted by atomic mass is 10.0. The van der Waals surface area contributed by atoms with Crippen molar-refractivity contribution in [3.05, 3.63) is 107 Å². The Morgan fingerprint density at radius 1 is 1.15 bits per heavy atom. The number of aryl methyl sites for hydroxylation is 2. The van der Waals surface area contributed by atoms with E-state index < -0.39 is 6.10 Å². The highest BCUT2D eigenvalue weighted by Gasteiger charge is 2.28. The molecule has 0 spiro atoms. The summed E-state index contributed by atoms with van der Waals surface area (Å²) >= 11 is 0. The summed E-state index contributed by atoms with van der Waals surface area (Å²) in [4.78, 5) is 29.0. The molecule has 2 amide bonds. The average molecular weight is 541 g/mol. The number of ether oxygens (including phenoxy) is 1. The number of nitrogens with zero attached hydrogens (tertiary/aromatic N) is 3. The maximum Gasteiger partial charge on any atom is 0.255 e. The summed E-state index contributed by atoms with van der Waals surface area (Å²) in [7, 11) is 0. The molecule has 1 aliphatic rings. The Labute approximate surface area is 234 Å². The molecule has 2 atom stereocenters. The molecule has 0 saturated carbocycles. The number of carbonyl (C=O) groups excluding carboxylic acids is 2. The summed E-state index contributed by atoms with van der Waals surface area (Å²) in [5.41, 5.74) is 3.33. The third-order valence-electron chi connectivity index (χ3n) is 7.19. The fraction of sp³-hybridized carbons (Fsp3) is 0.281. The molecule has 1 heterocycles. The van der Waals surface area contributed by atoms with E-state index >= 15 is 0 Å². The normalized spacial score (nSPS) is 16.1. The molecule has 1 N–H and O–H groups in total. The third kappa shape index (κ3) is 6.56. The van der Waals surface area contributed by atoms with E-state index in [1.54, 1.807) is 54.3 Å². The van der Waals surface area contributed by atoms with Crippen LogP contribution in [0.15, 0.2) is 73.3 Å². The number of hydrogen-bond donors (Lipinski definition) is 1. The Morgan fingerprint density at radius 3 is 2.55 bits per heavy atom. The second-order valence-electron chi connectivity index (χ2n) is 10.0. The molecule has 206 valence electrons. The second-order valence-corrected chi connectivity index (χ2v) is 10.0. The largest absolute Gasteiger partial charge is 0.484 e. The van der Waals surface area contributed by atoms with Crippen LogP contribution in [0.5, 0.6) is 5.75 Å². The van der Waals surface area contributed by atoms with Gasteiger partial charge in [0, 0.05) is 37.8 Å². The Bertz CT molecular complexity index is 1450. The minimum atomic E-state index is -0.478. The second kappa shape index (κ2) is 12.6. The molecular formula is C32H33FN4O3. The van der Waals surface area contributed by atoms with Crippen LogP contribution >= 0.6 is 0 Å². The Balaban J connectivity index is 1.50. The van der Waals surface area contributed by atoms with Crippen molar-refractivity contribution in [1.29, 1.82) is 5.26 Å². The Hall–Kier alpha value is -4.48. The zero-order valence-corrected chi connectivity index (χ0v) is 23.0. The van der Waals surface area contributed by atoms with Crippen LogP contribution in [-0.4, -0.2) is 53.8 Å². The zero-order chi connectivity index (χ0) is 28.8. The van der Waals surface area contributed by atoms with E-state index in [-0.39, 0.29) is 23.7 Å². The van der Waals surface area contributed by atoms with Gasteiger partial charge in [-0.15, -0.1) is 0 Å². The molecule has 0 aromatic heterocycles. The summed E-state index contributed by atoms with van der Waals surface area (Å²) in [5, 5.41) is 12.2. The number of piperazine rings is 1. The Morgan fingerprint density at radius 2 is 1.90 bits per heavy atom. The molecule has 3 aromatic carbocycles. The fourth-order valence-corrected chi connectivity index (χ4v) is 4.86. The number of nitriles is 1. The molecule has 1 fully saturated rings. The van der Waals surface area contributed by atoms with Crippen LogP contribution in [0.25, 0.3) is 0 Å². The first kappa shape index (κ1) is 28.5. The van der Waals surface area contributed by atoms with E-state index in [0.29, 0.717) is 59.9 Å². The summed E-state index contributed by atoms with van der Waals surface area (Å²) in [5.74, 6) is -0.201. The molecule has 1 aliphatic heterocycles. The average Bonchev–Trinajstić information content (AvgIpc) is 2.94. The molecule has 8 heteroatoms. The SMILES string of the molecule is C=CC(=O)N1CCN(C[C@H](Oc2ccc(C(=O)Nc3cccc(C)c3C#N)cc2)c2ccc(C)c(F)c2)C[C@H]1C. The van der Waals surface area contributed by atoms with Gasteiger partial charge in [-0.2, -0.15) is 5.26 Å². The van der Waals surface area contributed by atoms with Gasteiger partial charge in [-0.3, -0.25) is 14.5 Å². The van der Waals surface area contributed by atoms with Gasteiger partial charge in [-0.1, -0.05) is 30.8 Å². The molecule has 3 aromatic rings. The summed E-state index contributed by atoms with van der Waals surface area (Å²) in [6.07, 6.45) is 0.856. The first-order valence-electron chi connectivity index (χ1n) is 13.2. The van der Waals surface area contributed by atoms with Gasteiger partial charge < -0.3 is 15.0 Å². The van der Waals surface area contributed by atoms with Gasteiger partial charge in [-0.25, -0.2) is 4.39 Å². The monoisotopic (exact) mass is 540 g/mol. The van der Waals surface area contributed by atoms with Crippen LogP contribution in [-0.2, 0) is 4.79 Å². The highest BCUT2D eigenvalue weighted by Crippen LogP contribution is 2.27. The van der Waals surface area contributed by atoms with Crippen LogP contribution in [0.3, 0.4) is 0 Å². The standard InChI is InChI=1S/C32H33FN4O3/c1-5-31(38)37-16-15-36(19-23(37)4)20-30(25-10-9-22(3)28(33)17-25)40-26-13-11-24(12-14-26)32(39)35-29-8-6-7-21(2)27(29)18-34/h5-14,17,23,30H,1,15-16,19-20H2,2-4H3,(H,35,39)/t23-,30+/m1/s1. The zero-order valence-electron chi connectivity index (χ0n) is 23.0. The van der Waals surface area contributed by atoms with E-state index in [4.69, 9.17) is 4.74 Å². The quantitative estimate of drug-likeness (QED) is 0.387. The first-order valence-corrected chi connectivity index (χ1v) is 13.2. The summed E-state index contributed by atoms with van der Waals surface area (Å²) in [6, 6.07) is 19.2. The van der Waals surface area contributed by atoms with Crippen molar-refractivity contribution in [1.82, 2.24) is 9.80 Å². The van der Waals surface area contributed by atoms with E-state index in [1.165, 1.54) is 12.1 Å². The molecule has 1 saturated heterocycles. The lowest BCUT2D eigenvalue weighted by Gasteiger charge is -2.40. The third-order valence-corrected chi connectivity index (χ3v) is 7.19. The molecule has 0 bridgehead atoms. The lowest BCUT2D eigenvalue weighted by Crippen LogP contribution is -2.54. The molecule has 0 radical (unpaired) electrons. The van der Waals surface area contributed by atoms with Crippen molar-refractivity contribution in [2.75, 3.05) is 31.5 Å². The number of halogens is 1. The highest BCUT2D eigenvalue weighted by atomic mass is 19.1. The van der Waals surface area contributed by atoms with E-state index in [1.807, 2.05) is 26.0 Å².